The minimum atomic E-state index is -1.24. The third kappa shape index (κ3) is 5.85. The van der Waals surface area contributed by atoms with Crippen LogP contribution in [0.15, 0.2) is 89.5 Å². The summed E-state index contributed by atoms with van der Waals surface area (Å²) in [7, 11) is 0. The summed E-state index contributed by atoms with van der Waals surface area (Å²) in [6.07, 6.45) is 0. The van der Waals surface area contributed by atoms with Crippen molar-refractivity contribution in [3.63, 3.8) is 0 Å². The number of hydrogen-bond donors (Lipinski definition) is 3. The average molecular weight is 499 g/mol. The van der Waals surface area contributed by atoms with Crippen molar-refractivity contribution in [3.8, 4) is 0 Å². The number of para-hydroxylation sites is 2. The van der Waals surface area contributed by atoms with Crippen LogP contribution in [0.1, 0.15) is 27.5 Å². The van der Waals surface area contributed by atoms with Gasteiger partial charge in [-0.2, -0.15) is 0 Å². The van der Waals surface area contributed by atoms with Gasteiger partial charge in [0.1, 0.15) is 5.92 Å². The summed E-state index contributed by atoms with van der Waals surface area (Å²) in [6, 6.07) is 23.1. The number of anilines is 3. The van der Waals surface area contributed by atoms with Crippen LogP contribution in [0.3, 0.4) is 0 Å². The monoisotopic (exact) mass is 499 g/mol. The van der Waals surface area contributed by atoms with Gasteiger partial charge in [0.2, 0.25) is 11.8 Å². The Bertz CT molecular complexity index is 1380. The molecule has 0 saturated carbocycles. The van der Waals surface area contributed by atoms with Crippen LogP contribution in [0.2, 0.25) is 0 Å². The van der Waals surface area contributed by atoms with Crippen molar-refractivity contribution in [2.24, 2.45) is 0 Å². The number of benzene rings is 3. The van der Waals surface area contributed by atoms with Gasteiger partial charge < -0.3 is 15.2 Å². The molecule has 3 N–H and O–H groups in total. The molecule has 0 atom stereocenters. The lowest BCUT2D eigenvalue weighted by molar-refractivity contribution is -0.384. The first-order chi connectivity index (χ1) is 17.8. The molecule has 0 aliphatic heterocycles. The van der Waals surface area contributed by atoms with E-state index in [1.54, 1.807) is 60.7 Å². The number of amides is 3. The van der Waals surface area contributed by atoms with Crippen LogP contribution in [0.4, 0.5) is 22.9 Å². The first-order valence-electron chi connectivity index (χ1n) is 11.1. The second-order valence-electron chi connectivity index (χ2n) is 7.92. The van der Waals surface area contributed by atoms with E-state index in [0.717, 1.165) is 0 Å². The molecular formula is C26H21N5O6. The quantitative estimate of drug-likeness (QED) is 0.183. The molecule has 11 nitrogen and oxygen atoms in total. The Morgan fingerprint density at radius 2 is 1.32 bits per heavy atom. The molecule has 0 bridgehead atoms. The van der Waals surface area contributed by atoms with Crippen molar-refractivity contribution in [2.75, 3.05) is 16.0 Å². The van der Waals surface area contributed by atoms with Gasteiger partial charge >= 0.3 is 11.6 Å². The van der Waals surface area contributed by atoms with E-state index in [1.807, 2.05) is 0 Å². The fourth-order valence-corrected chi connectivity index (χ4v) is 3.56. The smallest absolute Gasteiger partial charge is 0.330 e. The van der Waals surface area contributed by atoms with Gasteiger partial charge in [-0.05, 0) is 48.9 Å². The van der Waals surface area contributed by atoms with Gasteiger partial charge in [0.25, 0.3) is 5.91 Å². The van der Waals surface area contributed by atoms with E-state index in [1.165, 1.54) is 31.2 Å². The van der Waals surface area contributed by atoms with Gasteiger partial charge in [-0.15, -0.1) is 0 Å². The van der Waals surface area contributed by atoms with Crippen LogP contribution in [-0.4, -0.2) is 27.8 Å². The lowest BCUT2D eigenvalue weighted by Gasteiger charge is -2.18. The minimum Gasteiger partial charge on any atom is -0.330 e. The van der Waals surface area contributed by atoms with Crippen molar-refractivity contribution < 1.29 is 23.8 Å². The molecular weight excluding hydrogens is 478 g/mol. The summed E-state index contributed by atoms with van der Waals surface area (Å²) in [5.74, 6) is -3.45. The summed E-state index contributed by atoms with van der Waals surface area (Å²) in [5, 5.41) is 22.5. The molecule has 1 aromatic heterocycles. The summed E-state index contributed by atoms with van der Waals surface area (Å²) in [5.41, 5.74) is 1.07. The van der Waals surface area contributed by atoms with Gasteiger partial charge in [-0.3, -0.25) is 29.8 Å². The lowest BCUT2D eigenvalue weighted by atomic mass is 9.95. The maximum Gasteiger partial charge on any atom is 0.356 e. The molecule has 1 heterocycles. The topological polar surface area (TPSA) is 156 Å². The number of nitrogens with one attached hydrogen (secondary N) is 3. The second kappa shape index (κ2) is 11.0. The molecule has 37 heavy (non-hydrogen) atoms. The maximum absolute atomic E-state index is 13.2. The molecule has 4 rings (SSSR count). The van der Waals surface area contributed by atoms with Crippen LogP contribution in [0.5, 0.6) is 0 Å². The van der Waals surface area contributed by atoms with Gasteiger partial charge in [0, 0.05) is 16.9 Å². The number of aryl methyl sites for hydroxylation is 1. The van der Waals surface area contributed by atoms with Crippen molar-refractivity contribution in [3.05, 3.63) is 112 Å². The Labute approximate surface area is 210 Å². The SMILES string of the molecule is Cc1noc(NC(=O)c2ccc(C(C(=O)Nc3ccccc3)C(=O)Nc3ccccc3)cc2)c1[N+](=O)[O-]. The van der Waals surface area contributed by atoms with E-state index in [2.05, 4.69) is 21.1 Å². The predicted molar refractivity (Wildman–Crippen MR) is 135 cm³/mol. The minimum absolute atomic E-state index is 0.0207. The number of rotatable bonds is 8. The molecule has 0 spiro atoms. The fraction of sp³-hybridized carbons (Fsp3) is 0.0769. The zero-order valence-electron chi connectivity index (χ0n) is 19.5. The Hall–Kier alpha value is -5.32. The highest BCUT2D eigenvalue weighted by atomic mass is 16.6. The van der Waals surface area contributed by atoms with E-state index in [-0.39, 0.29) is 17.1 Å². The molecule has 0 unspecified atom stereocenters. The van der Waals surface area contributed by atoms with Crippen molar-refractivity contribution in [2.45, 2.75) is 12.8 Å². The highest BCUT2D eigenvalue weighted by Crippen LogP contribution is 2.28. The molecule has 3 amide bonds. The number of nitrogens with zero attached hydrogens (tertiary/aromatic N) is 2. The highest BCUT2D eigenvalue weighted by molar-refractivity contribution is 6.15. The molecule has 4 aromatic rings. The molecule has 0 radical (unpaired) electrons. The molecule has 0 aliphatic rings. The van der Waals surface area contributed by atoms with Crippen LogP contribution in [0, 0.1) is 17.0 Å². The van der Waals surface area contributed by atoms with Crippen molar-refractivity contribution in [1.82, 2.24) is 5.16 Å². The van der Waals surface area contributed by atoms with E-state index in [9.17, 15) is 24.5 Å². The Morgan fingerprint density at radius 1 is 0.811 bits per heavy atom. The third-order valence-corrected chi connectivity index (χ3v) is 5.35. The van der Waals surface area contributed by atoms with E-state index in [4.69, 9.17) is 4.52 Å². The highest BCUT2D eigenvalue weighted by Gasteiger charge is 2.30. The van der Waals surface area contributed by atoms with Gasteiger partial charge in [-0.25, -0.2) is 0 Å². The van der Waals surface area contributed by atoms with E-state index >= 15 is 0 Å². The molecule has 0 fully saturated rings. The molecule has 3 aromatic carbocycles. The zero-order chi connectivity index (χ0) is 26.4. The van der Waals surface area contributed by atoms with Gasteiger partial charge in [0.05, 0.1) is 4.92 Å². The Kier molecular flexibility index (Phi) is 7.34. The predicted octanol–water partition coefficient (Wildman–Crippen LogP) is 4.50. The summed E-state index contributed by atoms with van der Waals surface area (Å²) >= 11 is 0. The fourth-order valence-electron chi connectivity index (χ4n) is 3.56. The van der Waals surface area contributed by atoms with E-state index in [0.29, 0.717) is 16.9 Å². The third-order valence-electron chi connectivity index (χ3n) is 5.35. The Morgan fingerprint density at radius 3 is 1.81 bits per heavy atom. The lowest BCUT2D eigenvalue weighted by Crippen LogP contribution is -2.32. The van der Waals surface area contributed by atoms with Crippen molar-refractivity contribution in [1.29, 1.82) is 0 Å². The number of carbonyl (C=O) groups excluding carboxylic acids is 3. The summed E-state index contributed by atoms with van der Waals surface area (Å²) < 4.78 is 4.86. The normalized spacial score (nSPS) is 10.5. The zero-order valence-corrected chi connectivity index (χ0v) is 19.5. The largest absolute Gasteiger partial charge is 0.356 e. The van der Waals surface area contributed by atoms with Gasteiger partial charge in [-0.1, -0.05) is 53.7 Å². The second-order valence-corrected chi connectivity index (χ2v) is 7.92. The summed E-state index contributed by atoms with van der Waals surface area (Å²) in [4.78, 5) is 49.5. The number of nitro groups is 1. The Balaban J connectivity index is 1.57. The van der Waals surface area contributed by atoms with Crippen LogP contribution in [-0.2, 0) is 9.59 Å². The first-order valence-corrected chi connectivity index (χ1v) is 11.1. The van der Waals surface area contributed by atoms with Crippen molar-refractivity contribution >= 4 is 40.7 Å². The van der Waals surface area contributed by atoms with Crippen LogP contribution in [0.25, 0.3) is 0 Å². The van der Waals surface area contributed by atoms with Crippen LogP contribution >= 0.6 is 0 Å². The first kappa shape index (κ1) is 24.8. The maximum atomic E-state index is 13.2. The molecule has 11 heteroatoms. The molecule has 0 aliphatic carbocycles. The van der Waals surface area contributed by atoms with Gasteiger partial charge in [0.15, 0.2) is 5.69 Å². The average Bonchev–Trinajstić information content (AvgIpc) is 3.25. The number of hydrogen-bond acceptors (Lipinski definition) is 7. The van der Waals surface area contributed by atoms with Crippen LogP contribution < -0.4 is 16.0 Å². The standard InChI is InChI=1S/C26H21N5O6/c1-16-22(31(35)36)26(37-30-16)29-23(32)18-14-12-17(13-15-18)21(24(33)27-19-8-4-2-5-9-19)25(34)28-20-10-6-3-7-11-20/h2-15,21H,1H3,(H,27,33)(H,28,34)(H,29,32). The molecule has 0 saturated heterocycles. The molecule has 186 valence electrons. The number of aromatic nitrogens is 1. The number of carbonyl (C=O) groups is 3. The summed E-state index contributed by atoms with van der Waals surface area (Å²) in [6.45, 7) is 1.38. The van der Waals surface area contributed by atoms with E-state index < -0.39 is 34.3 Å².